The lowest BCUT2D eigenvalue weighted by atomic mass is 10.1. The molecular weight excluding hydrogens is 236 g/mol. The van der Waals surface area contributed by atoms with Gasteiger partial charge < -0.3 is 4.74 Å². The average molecular weight is 252 g/mol. The molecule has 2 rings (SSSR count). The Bertz CT molecular complexity index is 598. The third-order valence-electron chi connectivity index (χ3n) is 2.84. The molecule has 2 nitrogen and oxygen atoms in total. The highest BCUT2D eigenvalue weighted by Gasteiger charge is 2.03. The highest BCUT2D eigenvalue weighted by Crippen LogP contribution is 2.19. The Morgan fingerprint density at radius 3 is 2.32 bits per heavy atom. The zero-order valence-corrected chi connectivity index (χ0v) is 11.1. The van der Waals surface area contributed by atoms with E-state index in [0.717, 1.165) is 11.1 Å². The third-order valence-corrected chi connectivity index (χ3v) is 2.84. The molecule has 96 valence electrons. The van der Waals surface area contributed by atoms with E-state index in [9.17, 15) is 4.79 Å². The van der Waals surface area contributed by atoms with Crippen LogP contribution in [0.5, 0.6) is 5.75 Å². The normalized spacial score (nSPS) is 10.6. The maximum absolute atomic E-state index is 11.5. The van der Waals surface area contributed by atoms with Crippen molar-refractivity contribution in [1.82, 2.24) is 0 Å². The predicted molar refractivity (Wildman–Crippen MR) is 78.4 cm³/mol. The SMILES string of the molecule is COc1cc(C=Cc2ccccc2)cc(C(C)=O)c1. The van der Waals surface area contributed by atoms with Crippen molar-refractivity contribution in [2.75, 3.05) is 7.11 Å². The van der Waals surface area contributed by atoms with Crippen molar-refractivity contribution in [2.24, 2.45) is 0 Å². The zero-order valence-electron chi connectivity index (χ0n) is 11.1. The van der Waals surface area contributed by atoms with Gasteiger partial charge in [-0.2, -0.15) is 0 Å². The lowest BCUT2D eigenvalue weighted by Crippen LogP contribution is -1.94. The maximum Gasteiger partial charge on any atom is 0.159 e. The Morgan fingerprint density at radius 1 is 1.00 bits per heavy atom. The topological polar surface area (TPSA) is 26.3 Å². The van der Waals surface area contributed by atoms with Crippen molar-refractivity contribution in [3.63, 3.8) is 0 Å². The van der Waals surface area contributed by atoms with Crippen molar-refractivity contribution >= 4 is 17.9 Å². The number of rotatable bonds is 4. The summed E-state index contributed by atoms with van der Waals surface area (Å²) in [7, 11) is 1.60. The molecule has 0 unspecified atom stereocenters. The Labute approximate surface area is 113 Å². The third kappa shape index (κ3) is 3.55. The van der Waals surface area contributed by atoms with E-state index in [-0.39, 0.29) is 5.78 Å². The Balaban J connectivity index is 2.32. The van der Waals surface area contributed by atoms with Crippen LogP contribution in [0.3, 0.4) is 0 Å². The lowest BCUT2D eigenvalue weighted by Gasteiger charge is -2.04. The number of methoxy groups -OCH3 is 1. The van der Waals surface area contributed by atoms with Crippen LogP contribution in [0, 0.1) is 0 Å². The fourth-order valence-corrected chi connectivity index (χ4v) is 1.80. The molecule has 2 aromatic carbocycles. The largest absolute Gasteiger partial charge is 0.497 e. The van der Waals surface area contributed by atoms with E-state index >= 15 is 0 Å². The number of ketones is 1. The zero-order chi connectivity index (χ0) is 13.7. The number of ether oxygens (including phenoxy) is 1. The van der Waals surface area contributed by atoms with Crippen LogP contribution in [0.2, 0.25) is 0 Å². The molecule has 0 saturated heterocycles. The van der Waals surface area contributed by atoms with Crippen LogP contribution in [-0.4, -0.2) is 12.9 Å². The van der Waals surface area contributed by atoms with Gasteiger partial charge in [-0.3, -0.25) is 4.79 Å². The first-order chi connectivity index (χ1) is 9.19. The highest BCUT2D eigenvalue weighted by atomic mass is 16.5. The smallest absolute Gasteiger partial charge is 0.159 e. The van der Waals surface area contributed by atoms with Gasteiger partial charge in [-0.1, -0.05) is 42.5 Å². The highest BCUT2D eigenvalue weighted by molar-refractivity contribution is 5.95. The Hall–Kier alpha value is -2.35. The molecule has 0 N–H and O–H groups in total. The van der Waals surface area contributed by atoms with E-state index in [1.807, 2.05) is 54.6 Å². The monoisotopic (exact) mass is 252 g/mol. The summed E-state index contributed by atoms with van der Waals surface area (Å²) < 4.78 is 5.21. The van der Waals surface area contributed by atoms with Gasteiger partial charge in [0.05, 0.1) is 7.11 Å². The van der Waals surface area contributed by atoms with Crippen molar-refractivity contribution < 1.29 is 9.53 Å². The molecule has 0 saturated carbocycles. The van der Waals surface area contributed by atoms with Crippen molar-refractivity contribution in [1.29, 1.82) is 0 Å². The molecule has 0 amide bonds. The van der Waals surface area contributed by atoms with Crippen molar-refractivity contribution in [3.05, 3.63) is 65.2 Å². The first-order valence-electron chi connectivity index (χ1n) is 6.12. The van der Waals surface area contributed by atoms with Crippen LogP contribution in [0.1, 0.15) is 28.4 Å². The van der Waals surface area contributed by atoms with Crippen molar-refractivity contribution in [3.8, 4) is 5.75 Å². The molecule has 0 atom stereocenters. The molecule has 19 heavy (non-hydrogen) atoms. The minimum absolute atomic E-state index is 0.0354. The van der Waals surface area contributed by atoms with Crippen LogP contribution >= 0.6 is 0 Å². The van der Waals surface area contributed by atoms with Gasteiger partial charge in [0.2, 0.25) is 0 Å². The molecule has 0 radical (unpaired) electrons. The van der Waals surface area contributed by atoms with Gasteiger partial charge in [-0.25, -0.2) is 0 Å². The van der Waals surface area contributed by atoms with E-state index in [1.54, 1.807) is 20.1 Å². The summed E-state index contributed by atoms with van der Waals surface area (Å²) in [5.41, 5.74) is 2.73. The van der Waals surface area contributed by atoms with Crippen molar-refractivity contribution in [2.45, 2.75) is 6.92 Å². The van der Waals surface area contributed by atoms with E-state index in [2.05, 4.69) is 0 Å². The van der Waals surface area contributed by atoms with Gasteiger partial charge in [0, 0.05) is 5.56 Å². The quantitative estimate of drug-likeness (QED) is 0.605. The first kappa shape index (κ1) is 13.1. The summed E-state index contributed by atoms with van der Waals surface area (Å²) in [5, 5.41) is 0. The predicted octanol–water partition coefficient (Wildman–Crippen LogP) is 4.07. The summed E-state index contributed by atoms with van der Waals surface area (Å²) in [6.45, 7) is 1.56. The maximum atomic E-state index is 11.5. The fourth-order valence-electron chi connectivity index (χ4n) is 1.80. The summed E-state index contributed by atoms with van der Waals surface area (Å²) in [6, 6.07) is 15.6. The molecule has 0 aliphatic heterocycles. The second-order valence-electron chi connectivity index (χ2n) is 4.30. The summed E-state index contributed by atoms with van der Waals surface area (Å²) in [5.74, 6) is 0.730. The number of Topliss-reactive ketones (excluding diaryl/α,β-unsaturated/α-hetero) is 1. The number of carbonyl (C=O) groups excluding carboxylic acids is 1. The fraction of sp³-hybridized carbons (Fsp3) is 0.118. The van der Waals surface area contributed by atoms with Gasteiger partial charge in [0.25, 0.3) is 0 Å². The molecule has 0 fully saturated rings. The molecule has 2 heteroatoms. The van der Waals surface area contributed by atoms with Crippen LogP contribution in [0.4, 0.5) is 0 Å². The molecular formula is C17H16O2. The number of hydrogen-bond acceptors (Lipinski definition) is 2. The van der Waals surface area contributed by atoms with Crippen LogP contribution in [-0.2, 0) is 0 Å². The second kappa shape index (κ2) is 6.01. The molecule has 0 bridgehead atoms. The first-order valence-corrected chi connectivity index (χ1v) is 6.12. The standard InChI is InChI=1S/C17H16O2/c1-13(18)16-10-15(11-17(12-16)19-2)9-8-14-6-4-3-5-7-14/h3-12H,1-2H3. The molecule has 0 aromatic heterocycles. The average Bonchev–Trinajstić information content (AvgIpc) is 2.45. The Morgan fingerprint density at radius 2 is 1.68 bits per heavy atom. The van der Waals surface area contributed by atoms with Crippen LogP contribution < -0.4 is 4.74 Å². The number of hydrogen-bond donors (Lipinski definition) is 0. The molecule has 0 heterocycles. The van der Waals surface area contributed by atoms with Crippen LogP contribution in [0.25, 0.3) is 12.2 Å². The minimum atomic E-state index is 0.0354. The second-order valence-corrected chi connectivity index (χ2v) is 4.30. The molecule has 2 aromatic rings. The van der Waals surface area contributed by atoms with E-state index in [0.29, 0.717) is 11.3 Å². The van der Waals surface area contributed by atoms with Gasteiger partial charge in [-0.15, -0.1) is 0 Å². The summed E-state index contributed by atoms with van der Waals surface area (Å²) in [4.78, 5) is 11.5. The number of benzene rings is 2. The number of carbonyl (C=O) groups is 1. The lowest BCUT2D eigenvalue weighted by molar-refractivity contribution is 0.101. The van der Waals surface area contributed by atoms with Gasteiger partial charge in [-0.05, 0) is 36.2 Å². The van der Waals surface area contributed by atoms with Gasteiger partial charge >= 0.3 is 0 Å². The van der Waals surface area contributed by atoms with E-state index < -0.39 is 0 Å². The molecule has 0 spiro atoms. The van der Waals surface area contributed by atoms with E-state index in [1.165, 1.54) is 0 Å². The van der Waals surface area contributed by atoms with E-state index in [4.69, 9.17) is 4.74 Å². The van der Waals surface area contributed by atoms with Gasteiger partial charge in [0.15, 0.2) is 5.78 Å². The minimum Gasteiger partial charge on any atom is -0.497 e. The van der Waals surface area contributed by atoms with Gasteiger partial charge in [0.1, 0.15) is 5.75 Å². The van der Waals surface area contributed by atoms with Crippen LogP contribution in [0.15, 0.2) is 48.5 Å². The Kier molecular flexibility index (Phi) is 4.14. The molecule has 0 aliphatic rings. The summed E-state index contributed by atoms with van der Waals surface area (Å²) >= 11 is 0. The molecule has 0 aliphatic carbocycles. The summed E-state index contributed by atoms with van der Waals surface area (Å²) in [6.07, 6.45) is 3.99.